The van der Waals surface area contributed by atoms with Crippen molar-refractivity contribution in [2.24, 2.45) is 0 Å². The van der Waals surface area contributed by atoms with Gasteiger partial charge in [-0.1, -0.05) is 0 Å². The topological polar surface area (TPSA) is 80.0 Å². The minimum Gasteiger partial charge on any atom is -0.479 e. The first kappa shape index (κ1) is 14.1. The molecule has 6 nitrogen and oxygen atoms in total. The summed E-state index contributed by atoms with van der Waals surface area (Å²) < 4.78 is 10.9. The van der Waals surface area contributed by atoms with E-state index in [9.17, 15) is 9.59 Å². The van der Waals surface area contributed by atoms with E-state index in [1.54, 1.807) is 4.90 Å². The Kier molecular flexibility index (Phi) is 3.71. The van der Waals surface area contributed by atoms with Crippen molar-refractivity contribution in [3.63, 3.8) is 0 Å². The van der Waals surface area contributed by atoms with Crippen LogP contribution in [0.15, 0.2) is 16.5 Å². The molecule has 3 rings (SSSR count). The summed E-state index contributed by atoms with van der Waals surface area (Å²) in [4.78, 5) is 25.3. The smallest absolute Gasteiger partial charge is 0.332 e. The number of rotatable bonds is 5. The first-order chi connectivity index (χ1) is 10.0. The van der Waals surface area contributed by atoms with E-state index in [-0.39, 0.29) is 11.9 Å². The monoisotopic (exact) mass is 293 g/mol. The lowest BCUT2D eigenvalue weighted by Crippen LogP contribution is -2.40. The maximum Gasteiger partial charge on any atom is 0.332 e. The van der Waals surface area contributed by atoms with Gasteiger partial charge in [0.05, 0.1) is 6.54 Å². The molecule has 6 heteroatoms. The third-order valence-corrected chi connectivity index (χ3v) is 3.96. The van der Waals surface area contributed by atoms with E-state index in [1.165, 1.54) is 0 Å². The zero-order chi connectivity index (χ0) is 15.0. The molecule has 0 aromatic carbocycles. The predicted molar refractivity (Wildman–Crippen MR) is 72.5 cm³/mol. The fraction of sp³-hybridized carbons (Fsp3) is 0.600. The number of carboxylic acid groups (broad SMARTS) is 1. The van der Waals surface area contributed by atoms with E-state index in [4.69, 9.17) is 14.3 Å². The van der Waals surface area contributed by atoms with Crippen LogP contribution in [0.1, 0.15) is 37.2 Å². The Bertz CT molecular complexity index is 548. The number of amides is 1. The van der Waals surface area contributed by atoms with Gasteiger partial charge in [0.25, 0.3) is 5.91 Å². The number of hydrogen-bond donors (Lipinski definition) is 1. The van der Waals surface area contributed by atoms with Gasteiger partial charge < -0.3 is 19.2 Å². The van der Waals surface area contributed by atoms with Crippen molar-refractivity contribution in [2.45, 2.75) is 57.4 Å². The van der Waals surface area contributed by atoms with E-state index in [1.807, 2.05) is 19.1 Å². The van der Waals surface area contributed by atoms with Crippen LogP contribution >= 0.6 is 0 Å². The summed E-state index contributed by atoms with van der Waals surface area (Å²) in [5.41, 5.74) is 0. The quantitative estimate of drug-likeness (QED) is 0.894. The Morgan fingerprint density at radius 1 is 1.24 bits per heavy atom. The molecule has 0 radical (unpaired) electrons. The highest BCUT2D eigenvalue weighted by Crippen LogP contribution is 2.31. The molecule has 2 fully saturated rings. The summed E-state index contributed by atoms with van der Waals surface area (Å²) in [7, 11) is 0. The first-order valence-electron chi connectivity index (χ1n) is 7.28. The molecular weight excluding hydrogens is 274 g/mol. The van der Waals surface area contributed by atoms with Crippen LogP contribution in [-0.4, -0.2) is 40.1 Å². The SMILES string of the molecule is Cc1ccc(CN(C(=O)C2CCC(C(=O)O)O2)C2CC2)o1. The normalized spacial score (nSPS) is 25.0. The minimum atomic E-state index is -0.995. The third kappa shape index (κ3) is 3.10. The average molecular weight is 293 g/mol. The van der Waals surface area contributed by atoms with E-state index >= 15 is 0 Å². The number of carbonyl (C=O) groups is 2. The molecule has 0 bridgehead atoms. The summed E-state index contributed by atoms with van der Waals surface area (Å²) in [6, 6.07) is 3.97. The zero-order valence-corrected chi connectivity index (χ0v) is 11.9. The Hall–Kier alpha value is -1.82. The summed E-state index contributed by atoms with van der Waals surface area (Å²) >= 11 is 0. The summed E-state index contributed by atoms with van der Waals surface area (Å²) in [5.74, 6) is 0.456. The molecule has 1 aromatic heterocycles. The average Bonchev–Trinajstić information content (AvgIpc) is 3.00. The van der Waals surface area contributed by atoms with Crippen molar-refractivity contribution in [3.05, 3.63) is 23.7 Å². The summed E-state index contributed by atoms with van der Waals surface area (Å²) in [6.45, 7) is 2.29. The van der Waals surface area contributed by atoms with Crippen molar-refractivity contribution in [1.29, 1.82) is 0 Å². The number of aliphatic carboxylic acids is 1. The van der Waals surface area contributed by atoms with E-state index < -0.39 is 18.2 Å². The Morgan fingerprint density at radius 3 is 2.48 bits per heavy atom. The summed E-state index contributed by atoms with van der Waals surface area (Å²) in [6.07, 6.45) is 1.34. The van der Waals surface area contributed by atoms with Crippen LogP contribution in [0.25, 0.3) is 0 Å². The maximum atomic E-state index is 12.6. The van der Waals surface area contributed by atoms with E-state index in [0.717, 1.165) is 24.4 Å². The fourth-order valence-corrected chi connectivity index (χ4v) is 2.70. The molecule has 1 N–H and O–H groups in total. The second kappa shape index (κ2) is 5.52. The largest absolute Gasteiger partial charge is 0.479 e. The van der Waals surface area contributed by atoms with Crippen molar-refractivity contribution >= 4 is 11.9 Å². The molecular formula is C15H19NO5. The lowest BCUT2D eigenvalue weighted by molar-refractivity contribution is -0.155. The van der Waals surface area contributed by atoms with Gasteiger partial charge in [0.2, 0.25) is 0 Å². The molecule has 1 aliphatic carbocycles. The number of hydrogen-bond acceptors (Lipinski definition) is 4. The Balaban J connectivity index is 1.66. The van der Waals surface area contributed by atoms with Gasteiger partial charge >= 0.3 is 5.97 Å². The van der Waals surface area contributed by atoms with Crippen molar-refractivity contribution < 1.29 is 23.8 Å². The van der Waals surface area contributed by atoms with Crippen LogP contribution < -0.4 is 0 Å². The number of aryl methyl sites for hydroxylation is 1. The Labute approximate surface area is 122 Å². The fourth-order valence-electron chi connectivity index (χ4n) is 2.70. The van der Waals surface area contributed by atoms with Crippen LogP contribution in [0.3, 0.4) is 0 Å². The highest BCUT2D eigenvalue weighted by Gasteiger charge is 2.41. The first-order valence-corrected chi connectivity index (χ1v) is 7.28. The van der Waals surface area contributed by atoms with Crippen LogP contribution in [0.5, 0.6) is 0 Å². The van der Waals surface area contributed by atoms with Crippen molar-refractivity contribution in [2.75, 3.05) is 0 Å². The molecule has 1 aliphatic heterocycles. The molecule has 2 atom stereocenters. The number of carbonyl (C=O) groups excluding carboxylic acids is 1. The molecule has 1 amide bonds. The lowest BCUT2D eigenvalue weighted by Gasteiger charge is -2.24. The molecule has 1 aromatic rings. The van der Waals surface area contributed by atoms with Crippen LogP contribution in [0.4, 0.5) is 0 Å². The molecule has 21 heavy (non-hydrogen) atoms. The second-order valence-electron chi connectivity index (χ2n) is 5.74. The summed E-state index contributed by atoms with van der Waals surface area (Å²) in [5, 5.41) is 8.95. The lowest BCUT2D eigenvalue weighted by atomic mass is 10.1. The van der Waals surface area contributed by atoms with Crippen LogP contribution in [0.2, 0.25) is 0 Å². The van der Waals surface area contributed by atoms with Gasteiger partial charge in [0.15, 0.2) is 6.10 Å². The number of carboxylic acids is 1. The molecule has 114 valence electrons. The number of ether oxygens (including phenoxy) is 1. The van der Waals surface area contributed by atoms with E-state index in [2.05, 4.69) is 0 Å². The van der Waals surface area contributed by atoms with Gasteiger partial charge in [-0.3, -0.25) is 4.79 Å². The maximum absolute atomic E-state index is 12.6. The van der Waals surface area contributed by atoms with Gasteiger partial charge in [-0.2, -0.15) is 0 Å². The molecule has 0 spiro atoms. The number of nitrogens with zero attached hydrogens (tertiary/aromatic N) is 1. The third-order valence-electron chi connectivity index (χ3n) is 3.96. The minimum absolute atomic E-state index is 0.115. The zero-order valence-electron chi connectivity index (χ0n) is 11.9. The standard InChI is InChI=1S/C15H19NO5/c1-9-2-5-11(20-9)8-16(10-3-4-10)14(17)12-6-7-13(21-12)15(18)19/h2,5,10,12-13H,3-4,6-8H2,1H3,(H,18,19). The van der Waals surface area contributed by atoms with E-state index in [0.29, 0.717) is 19.4 Å². The van der Waals surface area contributed by atoms with Gasteiger partial charge in [-0.25, -0.2) is 4.79 Å². The Morgan fingerprint density at radius 2 is 1.95 bits per heavy atom. The van der Waals surface area contributed by atoms with Gasteiger partial charge in [0, 0.05) is 6.04 Å². The predicted octanol–water partition coefficient (Wildman–Crippen LogP) is 1.71. The number of furan rings is 1. The van der Waals surface area contributed by atoms with Crippen molar-refractivity contribution in [1.82, 2.24) is 4.90 Å². The van der Waals surface area contributed by atoms with Crippen LogP contribution in [0, 0.1) is 6.92 Å². The second-order valence-corrected chi connectivity index (χ2v) is 5.74. The van der Waals surface area contributed by atoms with Gasteiger partial charge in [0.1, 0.15) is 17.6 Å². The van der Waals surface area contributed by atoms with Crippen LogP contribution in [-0.2, 0) is 20.9 Å². The molecule has 2 unspecified atom stereocenters. The molecule has 1 saturated carbocycles. The highest BCUT2D eigenvalue weighted by atomic mass is 16.5. The molecule has 2 aliphatic rings. The molecule has 1 saturated heterocycles. The van der Waals surface area contributed by atoms with Gasteiger partial charge in [-0.15, -0.1) is 0 Å². The van der Waals surface area contributed by atoms with Crippen molar-refractivity contribution in [3.8, 4) is 0 Å². The molecule has 2 heterocycles. The highest BCUT2D eigenvalue weighted by molar-refractivity contribution is 5.83. The van der Waals surface area contributed by atoms with Gasteiger partial charge in [-0.05, 0) is 44.7 Å².